The maximum atomic E-state index is 12.1. The van der Waals surface area contributed by atoms with Crippen LogP contribution in [0.15, 0.2) is 0 Å². The van der Waals surface area contributed by atoms with Gasteiger partial charge in [0.05, 0.1) is 0 Å². The Hall–Kier alpha value is -0.220. The fraction of sp³-hybridized carbons (Fsp3) is 0.917. The molecular formula is C12H22N2OS. The Labute approximate surface area is 102 Å². The summed E-state index contributed by atoms with van der Waals surface area (Å²) in [5, 5.41) is 0. The van der Waals surface area contributed by atoms with Gasteiger partial charge in [-0.1, -0.05) is 12.8 Å². The van der Waals surface area contributed by atoms with Crippen LogP contribution in [0.2, 0.25) is 0 Å². The van der Waals surface area contributed by atoms with Crippen molar-refractivity contribution in [2.45, 2.75) is 44.1 Å². The van der Waals surface area contributed by atoms with E-state index in [0.717, 1.165) is 38.1 Å². The molecule has 4 heteroatoms. The van der Waals surface area contributed by atoms with E-state index in [0.29, 0.717) is 6.42 Å². The number of thioether (sulfide) groups is 1. The predicted molar refractivity (Wildman–Crippen MR) is 68.5 cm³/mol. The first-order valence-electron chi connectivity index (χ1n) is 6.34. The second-order valence-corrected chi connectivity index (χ2v) is 6.32. The molecular weight excluding hydrogens is 220 g/mol. The third kappa shape index (κ3) is 3.14. The van der Waals surface area contributed by atoms with Crippen molar-refractivity contribution in [3.8, 4) is 0 Å². The zero-order chi connectivity index (χ0) is 11.4. The molecule has 0 spiro atoms. The van der Waals surface area contributed by atoms with Gasteiger partial charge in [-0.3, -0.25) is 4.79 Å². The van der Waals surface area contributed by atoms with Gasteiger partial charge in [0.2, 0.25) is 5.91 Å². The number of nitrogens with zero attached hydrogens (tertiary/aromatic N) is 1. The highest BCUT2D eigenvalue weighted by Gasteiger charge is 2.33. The molecule has 0 unspecified atom stereocenters. The molecule has 0 aromatic carbocycles. The second kappa shape index (κ2) is 5.41. The Morgan fingerprint density at radius 1 is 1.19 bits per heavy atom. The molecule has 0 radical (unpaired) electrons. The normalized spacial score (nSPS) is 25.4. The van der Waals surface area contributed by atoms with Crippen molar-refractivity contribution < 1.29 is 4.79 Å². The summed E-state index contributed by atoms with van der Waals surface area (Å²) in [7, 11) is 0. The molecule has 1 amide bonds. The van der Waals surface area contributed by atoms with E-state index in [1.807, 2.05) is 16.7 Å². The van der Waals surface area contributed by atoms with Crippen LogP contribution in [0.25, 0.3) is 0 Å². The summed E-state index contributed by atoms with van der Waals surface area (Å²) in [5.41, 5.74) is 6.07. The van der Waals surface area contributed by atoms with Gasteiger partial charge < -0.3 is 10.6 Å². The number of rotatable bonds is 2. The molecule has 2 N–H and O–H groups in total. The first kappa shape index (κ1) is 12.2. The van der Waals surface area contributed by atoms with E-state index in [9.17, 15) is 4.79 Å². The molecule has 92 valence electrons. The number of hydrogen-bond donors (Lipinski definition) is 1. The molecule has 2 fully saturated rings. The molecule has 1 aliphatic heterocycles. The molecule has 1 aliphatic carbocycles. The van der Waals surface area contributed by atoms with Gasteiger partial charge in [-0.15, -0.1) is 0 Å². The van der Waals surface area contributed by atoms with Crippen molar-refractivity contribution in [1.29, 1.82) is 0 Å². The molecule has 2 aliphatic rings. The molecule has 0 atom stereocenters. The van der Waals surface area contributed by atoms with Gasteiger partial charge in [0.1, 0.15) is 0 Å². The van der Waals surface area contributed by atoms with Crippen LogP contribution in [0, 0.1) is 0 Å². The van der Waals surface area contributed by atoms with Gasteiger partial charge in [0.25, 0.3) is 0 Å². The lowest BCUT2D eigenvalue weighted by molar-refractivity contribution is -0.132. The van der Waals surface area contributed by atoms with Crippen LogP contribution < -0.4 is 5.73 Å². The van der Waals surface area contributed by atoms with Crippen molar-refractivity contribution in [2.75, 3.05) is 24.6 Å². The number of nitrogens with two attached hydrogens (primary N) is 1. The predicted octanol–water partition coefficient (Wildman–Crippen LogP) is 1.61. The highest BCUT2D eigenvalue weighted by atomic mass is 32.2. The van der Waals surface area contributed by atoms with E-state index in [-0.39, 0.29) is 11.4 Å². The zero-order valence-electron chi connectivity index (χ0n) is 9.91. The summed E-state index contributed by atoms with van der Waals surface area (Å²) in [4.78, 5) is 14.2. The van der Waals surface area contributed by atoms with E-state index >= 15 is 0 Å². The second-order valence-electron chi connectivity index (χ2n) is 5.09. The minimum Gasteiger partial charge on any atom is -0.342 e. The Kier molecular flexibility index (Phi) is 4.14. The lowest BCUT2D eigenvalue weighted by atomic mass is 9.94. The van der Waals surface area contributed by atoms with Gasteiger partial charge in [-0.2, -0.15) is 11.8 Å². The maximum Gasteiger partial charge on any atom is 0.224 e. The van der Waals surface area contributed by atoms with Crippen LogP contribution >= 0.6 is 11.8 Å². The lowest BCUT2D eigenvalue weighted by Gasteiger charge is -2.27. The van der Waals surface area contributed by atoms with E-state index in [1.165, 1.54) is 18.6 Å². The summed E-state index contributed by atoms with van der Waals surface area (Å²) in [5.74, 6) is 2.56. The van der Waals surface area contributed by atoms with Crippen LogP contribution in [-0.2, 0) is 4.79 Å². The summed E-state index contributed by atoms with van der Waals surface area (Å²) >= 11 is 1.95. The van der Waals surface area contributed by atoms with Crippen LogP contribution in [-0.4, -0.2) is 40.9 Å². The minimum atomic E-state index is -0.184. The number of carbonyl (C=O) groups is 1. The molecule has 0 aromatic heterocycles. The van der Waals surface area contributed by atoms with Gasteiger partial charge >= 0.3 is 0 Å². The number of hydrogen-bond acceptors (Lipinski definition) is 3. The number of carbonyl (C=O) groups excluding carboxylic acids is 1. The summed E-state index contributed by atoms with van der Waals surface area (Å²) in [6.07, 6.45) is 6.15. The van der Waals surface area contributed by atoms with Gasteiger partial charge in [0.15, 0.2) is 0 Å². The van der Waals surface area contributed by atoms with E-state index in [2.05, 4.69) is 0 Å². The summed E-state index contributed by atoms with van der Waals surface area (Å²) < 4.78 is 0. The molecule has 1 heterocycles. The standard InChI is InChI=1S/C12H22N2OS/c13-12(4-1-2-5-12)10-11(15)14-6-3-8-16-9-7-14/h1-10,13H2. The first-order valence-corrected chi connectivity index (χ1v) is 7.50. The fourth-order valence-corrected chi connectivity index (χ4v) is 3.55. The minimum absolute atomic E-state index is 0.184. The smallest absolute Gasteiger partial charge is 0.224 e. The van der Waals surface area contributed by atoms with Crippen LogP contribution in [0.4, 0.5) is 0 Å². The van der Waals surface area contributed by atoms with Crippen LogP contribution in [0.5, 0.6) is 0 Å². The van der Waals surface area contributed by atoms with E-state index < -0.39 is 0 Å². The lowest BCUT2D eigenvalue weighted by Crippen LogP contribution is -2.44. The maximum absolute atomic E-state index is 12.1. The largest absolute Gasteiger partial charge is 0.342 e. The van der Waals surface area contributed by atoms with Gasteiger partial charge in [-0.25, -0.2) is 0 Å². The average molecular weight is 242 g/mol. The van der Waals surface area contributed by atoms with E-state index in [4.69, 9.17) is 5.73 Å². The van der Waals surface area contributed by atoms with Gasteiger partial charge in [-0.05, 0) is 25.0 Å². The Bertz CT molecular complexity index is 243. The third-order valence-corrected chi connectivity index (χ3v) is 4.73. The molecule has 2 rings (SSSR count). The topological polar surface area (TPSA) is 46.3 Å². The quantitative estimate of drug-likeness (QED) is 0.800. The Morgan fingerprint density at radius 2 is 1.94 bits per heavy atom. The molecule has 1 saturated heterocycles. The van der Waals surface area contributed by atoms with Crippen LogP contribution in [0.1, 0.15) is 38.5 Å². The zero-order valence-corrected chi connectivity index (χ0v) is 10.7. The third-order valence-electron chi connectivity index (χ3n) is 3.68. The van der Waals surface area contributed by atoms with Crippen molar-refractivity contribution in [3.05, 3.63) is 0 Å². The fourth-order valence-electron chi connectivity index (χ4n) is 2.66. The van der Waals surface area contributed by atoms with E-state index in [1.54, 1.807) is 0 Å². The van der Waals surface area contributed by atoms with Crippen molar-refractivity contribution in [2.24, 2.45) is 5.73 Å². The SMILES string of the molecule is NC1(CC(=O)N2CCCSCC2)CCCC1. The molecule has 0 aromatic rings. The average Bonchev–Trinajstić information content (AvgIpc) is 2.56. The van der Waals surface area contributed by atoms with Crippen molar-refractivity contribution in [1.82, 2.24) is 4.90 Å². The monoisotopic (exact) mass is 242 g/mol. The summed E-state index contributed by atoms with van der Waals surface area (Å²) in [6, 6.07) is 0. The number of amides is 1. The highest BCUT2D eigenvalue weighted by Crippen LogP contribution is 2.30. The Morgan fingerprint density at radius 3 is 2.69 bits per heavy atom. The van der Waals surface area contributed by atoms with Crippen LogP contribution in [0.3, 0.4) is 0 Å². The Balaban J connectivity index is 1.86. The molecule has 1 saturated carbocycles. The molecule has 16 heavy (non-hydrogen) atoms. The van der Waals surface area contributed by atoms with Crippen molar-refractivity contribution >= 4 is 17.7 Å². The summed E-state index contributed by atoms with van der Waals surface area (Å²) in [6.45, 7) is 1.85. The first-order chi connectivity index (χ1) is 7.70. The van der Waals surface area contributed by atoms with Crippen molar-refractivity contribution in [3.63, 3.8) is 0 Å². The highest BCUT2D eigenvalue weighted by molar-refractivity contribution is 7.99. The molecule has 0 bridgehead atoms. The molecule has 3 nitrogen and oxygen atoms in total. The van der Waals surface area contributed by atoms with Gasteiger partial charge in [0, 0.05) is 30.8 Å².